The molecule has 1 rings (SSSR count). The smallest absolute Gasteiger partial charge is 0.0108 e. The molecule has 0 aliphatic heterocycles. The monoisotopic (exact) mass is 280 g/mol. The molecule has 0 saturated heterocycles. The van der Waals surface area contributed by atoms with E-state index in [1.165, 1.54) is 10.5 Å². The first-order valence-corrected chi connectivity index (χ1v) is 8.07. The summed E-state index contributed by atoms with van der Waals surface area (Å²) in [5, 5.41) is 0. The molecule has 0 amide bonds. The summed E-state index contributed by atoms with van der Waals surface area (Å²) in [4.78, 5) is 3.85. The van der Waals surface area contributed by atoms with E-state index in [0.29, 0.717) is 0 Å². The van der Waals surface area contributed by atoms with Crippen molar-refractivity contribution in [3.63, 3.8) is 0 Å². The van der Waals surface area contributed by atoms with Gasteiger partial charge < -0.3 is 10.6 Å². The molecule has 2 nitrogen and oxygen atoms in total. The summed E-state index contributed by atoms with van der Waals surface area (Å²) in [7, 11) is 0. The number of thioether (sulfide) groups is 1. The third-order valence-electron chi connectivity index (χ3n) is 3.35. The highest BCUT2D eigenvalue weighted by Crippen LogP contribution is 2.19. The van der Waals surface area contributed by atoms with Gasteiger partial charge >= 0.3 is 0 Å². The van der Waals surface area contributed by atoms with Gasteiger partial charge in [-0.1, -0.05) is 38.5 Å². The molecule has 0 atom stereocenters. The molecule has 0 spiro atoms. The van der Waals surface area contributed by atoms with Crippen LogP contribution < -0.4 is 5.73 Å². The van der Waals surface area contributed by atoms with Gasteiger partial charge in [-0.05, 0) is 37.6 Å². The van der Waals surface area contributed by atoms with E-state index in [2.05, 4.69) is 56.9 Å². The molecule has 0 radical (unpaired) electrons. The largest absolute Gasteiger partial charge is 0.330 e. The predicted octanol–water partition coefficient (Wildman–Crippen LogP) is 3.39. The van der Waals surface area contributed by atoms with Crippen LogP contribution in [0.25, 0.3) is 0 Å². The van der Waals surface area contributed by atoms with Crippen LogP contribution in [-0.2, 0) is 0 Å². The number of benzene rings is 1. The summed E-state index contributed by atoms with van der Waals surface area (Å²) in [6, 6.07) is 8.77. The van der Waals surface area contributed by atoms with Crippen LogP contribution in [0.2, 0.25) is 0 Å². The van der Waals surface area contributed by atoms with Crippen molar-refractivity contribution in [1.82, 2.24) is 4.90 Å². The molecule has 1 aromatic carbocycles. The molecule has 3 heteroatoms. The van der Waals surface area contributed by atoms with Crippen molar-refractivity contribution in [2.45, 2.75) is 32.6 Å². The van der Waals surface area contributed by atoms with Gasteiger partial charge in [0.05, 0.1) is 0 Å². The van der Waals surface area contributed by atoms with Gasteiger partial charge in [-0.25, -0.2) is 0 Å². The van der Waals surface area contributed by atoms with Gasteiger partial charge in [0.15, 0.2) is 0 Å². The van der Waals surface area contributed by atoms with E-state index >= 15 is 0 Å². The topological polar surface area (TPSA) is 29.3 Å². The van der Waals surface area contributed by atoms with E-state index in [1.807, 2.05) is 11.8 Å². The van der Waals surface area contributed by atoms with Crippen LogP contribution in [0.1, 0.15) is 26.3 Å². The first kappa shape index (κ1) is 16.5. The molecule has 2 N–H and O–H groups in total. The molecule has 0 bridgehead atoms. The van der Waals surface area contributed by atoms with Crippen molar-refractivity contribution < 1.29 is 0 Å². The Morgan fingerprint density at radius 2 is 1.84 bits per heavy atom. The van der Waals surface area contributed by atoms with Crippen molar-refractivity contribution >= 4 is 11.8 Å². The lowest BCUT2D eigenvalue weighted by molar-refractivity contribution is 0.199. The quantitative estimate of drug-likeness (QED) is 0.740. The Morgan fingerprint density at radius 3 is 2.37 bits per heavy atom. The molecule has 0 aromatic heterocycles. The zero-order valence-corrected chi connectivity index (χ0v) is 13.6. The van der Waals surface area contributed by atoms with Gasteiger partial charge in [0.25, 0.3) is 0 Å². The molecule has 1 aromatic rings. The average Bonchev–Trinajstić information content (AvgIpc) is 2.39. The first-order valence-electron chi connectivity index (χ1n) is 7.09. The second-order valence-electron chi connectivity index (χ2n) is 5.90. The van der Waals surface area contributed by atoms with Crippen molar-refractivity contribution in [3.05, 3.63) is 29.8 Å². The van der Waals surface area contributed by atoms with Crippen LogP contribution in [0.5, 0.6) is 0 Å². The Kier molecular flexibility index (Phi) is 6.90. The maximum Gasteiger partial charge on any atom is 0.0108 e. The molecule has 19 heavy (non-hydrogen) atoms. The molecule has 108 valence electrons. The highest BCUT2D eigenvalue weighted by molar-refractivity contribution is 7.99. The fourth-order valence-corrected chi connectivity index (χ4v) is 2.86. The van der Waals surface area contributed by atoms with E-state index in [4.69, 9.17) is 5.73 Å². The minimum Gasteiger partial charge on any atom is -0.330 e. The molecule has 0 heterocycles. The van der Waals surface area contributed by atoms with E-state index in [0.717, 1.165) is 31.9 Å². The normalized spacial score (nSPS) is 12.1. The number of hydrogen-bond acceptors (Lipinski definition) is 3. The maximum atomic E-state index is 5.81. The van der Waals surface area contributed by atoms with Crippen molar-refractivity contribution in [2.75, 3.05) is 31.9 Å². The lowest BCUT2D eigenvalue weighted by Crippen LogP contribution is -2.39. The van der Waals surface area contributed by atoms with E-state index < -0.39 is 0 Å². The Bertz CT molecular complexity index is 360. The van der Waals surface area contributed by atoms with Gasteiger partial charge in [-0.15, -0.1) is 11.8 Å². The van der Waals surface area contributed by atoms with E-state index in [1.54, 1.807) is 0 Å². The second kappa shape index (κ2) is 7.93. The Morgan fingerprint density at radius 1 is 1.21 bits per heavy atom. The summed E-state index contributed by atoms with van der Waals surface area (Å²) in [6.45, 7) is 12.9. The van der Waals surface area contributed by atoms with Crippen LogP contribution in [0.4, 0.5) is 0 Å². The van der Waals surface area contributed by atoms with E-state index in [9.17, 15) is 0 Å². The molecule has 0 aliphatic carbocycles. The minimum atomic E-state index is 0.213. The zero-order valence-electron chi connectivity index (χ0n) is 12.8. The summed E-state index contributed by atoms with van der Waals surface area (Å²) < 4.78 is 0. The second-order valence-corrected chi connectivity index (χ2v) is 7.07. The van der Waals surface area contributed by atoms with Crippen LogP contribution in [0.3, 0.4) is 0 Å². The summed E-state index contributed by atoms with van der Waals surface area (Å²) in [5.74, 6) is 1.14. The van der Waals surface area contributed by atoms with Gasteiger partial charge in [0.2, 0.25) is 0 Å². The van der Waals surface area contributed by atoms with E-state index in [-0.39, 0.29) is 5.41 Å². The van der Waals surface area contributed by atoms with Crippen LogP contribution >= 0.6 is 11.8 Å². The SMILES string of the molecule is CCN(CCSc1ccc(C)cc1)CC(C)(C)CN. The number of nitrogens with two attached hydrogens (primary N) is 1. The number of hydrogen-bond donors (Lipinski definition) is 1. The predicted molar refractivity (Wildman–Crippen MR) is 86.9 cm³/mol. The molecule has 0 aliphatic rings. The van der Waals surface area contributed by atoms with Crippen molar-refractivity contribution in [2.24, 2.45) is 11.1 Å². The Balaban J connectivity index is 2.35. The highest BCUT2D eigenvalue weighted by atomic mass is 32.2. The van der Waals surface area contributed by atoms with Gasteiger partial charge in [-0.3, -0.25) is 0 Å². The maximum absolute atomic E-state index is 5.81. The van der Waals surface area contributed by atoms with Crippen LogP contribution in [-0.4, -0.2) is 36.8 Å². The van der Waals surface area contributed by atoms with Crippen LogP contribution in [0, 0.1) is 12.3 Å². The standard InChI is InChI=1S/C16H28N2S/c1-5-18(13-16(3,4)12-17)10-11-19-15-8-6-14(2)7-9-15/h6-9H,5,10-13,17H2,1-4H3. The average molecular weight is 280 g/mol. The van der Waals surface area contributed by atoms with Crippen LogP contribution in [0.15, 0.2) is 29.2 Å². The number of aryl methyl sites for hydroxylation is 1. The Labute approximate surface area is 122 Å². The summed E-state index contributed by atoms with van der Waals surface area (Å²) in [5.41, 5.74) is 7.35. The third kappa shape index (κ3) is 6.46. The summed E-state index contributed by atoms with van der Waals surface area (Å²) >= 11 is 1.93. The lowest BCUT2D eigenvalue weighted by Gasteiger charge is -2.30. The molecular weight excluding hydrogens is 252 g/mol. The molecular formula is C16H28N2S. The molecule has 0 unspecified atom stereocenters. The minimum absolute atomic E-state index is 0.213. The number of rotatable bonds is 8. The fraction of sp³-hybridized carbons (Fsp3) is 0.625. The van der Waals surface area contributed by atoms with Crippen molar-refractivity contribution in [1.29, 1.82) is 0 Å². The van der Waals surface area contributed by atoms with Gasteiger partial charge in [0, 0.05) is 23.7 Å². The van der Waals surface area contributed by atoms with Crippen molar-refractivity contribution in [3.8, 4) is 0 Å². The lowest BCUT2D eigenvalue weighted by atomic mass is 9.93. The number of nitrogens with zero attached hydrogens (tertiary/aromatic N) is 1. The highest BCUT2D eigenvalue weighted by Gasteiger charge is 2.18. The zero-order chi connectivity index (χ0) is 14.3. The van der Waals surface area contributed by atoms with Gasteiger partial charge in [0.1, 0.15) is 0 Å². The third-order valence-corrected chi connectivity index (χ3v) is 4.34. The first-order chi connectivity index (χ1) is 8.96. The fourth-order valence-electron chi connectivity index (χ4n) is 1.95. The molecule has 0 saturated carbocycles. The summed E-state index contributed by atoms with van der Waals surface area (Å²) in [6.07, 6.45) is 0. The Hall–Kier alpha value is -0.510. The molecule has 0 fully saturated rings. The van der Waals surface area contributed by atoms with Gasteiger partial charge in [-0.2, -0.15) is 0 Å².